The Bertz CT molecular complexity index is 1320. The average molecular weight is 439 g/mol. The molecule has 0 spiro atoms. The van der Waals surface area contributed by atoms with E-state index in [9.17, 15) is 9.18 Å². The summed E-state index contributed by atoms with van der Waals surface area (Å²) in [7, 11) is 0. The van der Waals surface area contributed by atoms with Crippen molar-refractivity contribution >= 4 is 40.1 Å². The maximum Gasteiger partial charge on any atom is 0.263 e. The Balaban J connectivity index is 1.61. The third kappa shape index (κ3) is 3.79. The van der Waals surface area contributed by atoms with Crippen LogP contribution in [0.25, 0.3) is 22.5 Å². The van der Waals surface area contributed by atoms with E-state index in [1.165, 1.54) is 24.4 Å². The van der Waals surface area contributed by atoms with Gasteiger partial charge in [-0.3, -0.25) is 9.78 Å². The lowest BCUT2D eigenvalue weighted by Gasteiger charge is -2.13. The van der Waals surface area contributed by atoms with Crippen molar-refractivity contribution in [2.45, 2.75) is 25.8 Å². The summed E-state index contributed by atoms with van der Waals surface area (Å²) in [5, 5.41) is 10.9. The first-order valence-electron chi connectivity index (χ1n) is 9.61. The Morgan fingerprint density at radius 1 is 1.26 bits per heavy atom. The monoisotopic (exact) mass is 438 g/mol. The predicted octanol–water partition coefficient (Wildman–Crippen LogP) is 4.42. The Labute approximate surface area is 180 Å². The van der Waals surface area contributed by atoms with Crippen molar-refractivity contribution in [2.75, 3.05) is 5.32 Å². The molecule has 1 aliphatic carbocycles. The van der Waals surface area contributed by atoms with Gasteiger partial charge >= 0.3 is 0 Å². The van der Waals surface area contributed by atoms with E-state index in [1.807, 2.05) is 0 Å². The van der Waals surface area contributed by atoms with E-state index in [4.69, 9.17) is 16.1 Å². The number of nitrogens with one attached hydrogen (secondary N) is 2. The summed E-state index contributed by atoms with van der Waals surface area (Å²) in [6, 6.07) is 5.99. The molecular formula is C21H16ClFN6O2. The summed E-state index contributed by atoms with van der Waals surface area (Å²) in [6.07, 6.45) is 4.98. The number of pyridine rings is 1. The van der Waals surface area contributed by atoms with E-state index in [0.29, 0.717) is 33.2 Å². The molecule has 1 fully saturated rings. The average Bonchev–Trinajstić information content (AvgIpc) is 3.50. The highest BCUT2D eigenvalue weighted by molar-refractivity contribution is 6.30. The largest absolute Gasteiger partial charge is 0.349 e. The van der Waals surface area contributed by atoms with Gasteiger partial charge in [0.1, 0.15) is 17.0 Å². The van der Waals surface area contributed by atoms with Gasteiger partial charge in [0.15, 0.2) is 5.82 Å². The number of aromatic nitrogens is 4. The fourth-order valence-electron chi connectivity index (χ4n) is 3.17. The van der Waals surface area contributed by atoms with Crippen molar-refractivity contribution in [1.29, 1.82) is 0 Å². The van der Waals surface area contributed by atoms with Crippen LogP contribution in [0.4, 0.5) is 15.9 Å². The summed E-state index contributed by atoms with van der Waals surface area (Å²) >= 11 is 6.04. The van der Waals surface area contributed by atoms with Crippen LogP contribution in [0.3, 0.4) is 0 Å². The molecule has 10 heteroatoms. The molecule has 0 unspecified atom stereocenters. The van der Waals surface area contributed by atoms with Gasteiger partial charge in [-0.1, -0.05) is 16.8 Å². The lowest BCUT2D eigenvalue weighted by molar-refractivity contribution is 0.0951. The second kappa shape index (κ2) is 7.59. The van der Waals surface area contributed by atoms with Gasteiger partial charge in [0.2, 0.25) is 0 Å². The molecule has 31 heavy (non-hydrogen) atoms. The summed E-state index contributed by atoms with van der Waals surface area (Å²) in [5.41, 5.74) is 1.71. The third-order valence-corrected chi connectivity index (χ3v) is 5.14. The molecule has 5 rings (SSSR count). The molecule has 2 N–H and O–H groups in total. The van der Waals surface area contributed by atoms with Crippen LogP contribution in [0.5, 0.6) is 0 Å². The van der Waals surface area contributed by atoms with Crippen LogP contribution in [-0.4, -0.2) is 32.1 Å². The first-order chi connectivity index (χ1) is 15.0. The summed E-state index contributed by atoms with van der Waals surface area (Å²) in [6.45, 7) is 1.74. The van der Waals surface area contributed by atoms with E-state index in [0.717, 1.165) is 12.8 Å². The van der Waals surface area contributed by atoms with Crippen LogP contribution in [0.15, 0.2) is 41.2 Å². The molecule has 0 aliphatic heterocycles. The van der Waals surface area contributed by atoms with Gasteiger partial charge in [-0.05, 0) is 44.0 Å². The number of anilines is 2. The molecule has 0 atom stereocenters. The third-order valence-electron chi connectivity index (χ3n) is 4.91. The quantitative estimate of drug-likeness (QED) is 0.475. The molecule has 156 valence electrons. The molecule has 4 aromatic rings. The number of nitrogens with zero attached hydrogens (tertiary/aromatic N) is 4. The summed E-state index contributed by atoms with van der Waals surface area (Å²) < 4.78 is 19.8. The van der Waals surface area contributed by atoms with Crippen LogP contribution in [0, 0.1) is 12.7 Å². The van der Waals surface area contributed by atoms with Crippen molar-refractivity contribution in [1.82, 2.24) is 25.4 Å². The van der Waals surface area contributed by atoms with E-state index in [-0.39, 0.29) is 29.1 Å². The van der Waals surface area contributed by atoms with Crippen LogP contribution in [-0.2, 0) is 0 Å². The van der Waals surface area contributed by atoms with Crippen LogP contribution in [0.2, 0.25) is 5.02 Å². The number of aryl methyl sites for hydroxylation is 1. The van der Waals surface area contributed by atoms with Crippen LogP contribution < -0.4 is 10.6 Å². The van der Waals surface area contributed by atoms with Crippen molar-refractivity contribution in [2.24, 2.45) is 0 Å². The van der Waals surface area contributed by atoms with Gasteiger partial charge in [0, 0.05) is 23.5 Å². The lowest BCUT2D eigenvalue weighted by atomic mass is 10.2. The Kier molecular flexibility index (Phi) is 4.74. The highest BCUT2D eigenvalue weighted by Crippen LogP contribution is 2.32. The molecule has 1 aromatic carbocycles. The van der Waals surface area contributed by atoms with E-state index in [2.05, 4.69) is 30.7 Å². The molecule has 1 amide bonds. The summed E-state index contributed by atoms with van der Waals surface area (Å²) in [4.78, 5) is 25.5. The topological polar surface area (TPSA) is 106 Å². The fourth-order valence-corrected chi connectivity index (χ4v) is 3.34. The second-order valence-corrected chi connectivity index (χ2v) is 7.70. The molecule has 0 saturated heterocycles. The fraction of sp³-hybridized carbons (Fsp3) is 0.190. The number of halogens is 2. The number of carbonyl (C=O) groups excluding carboxylic acids is 1. The highest BCUT2D eigenvalue weighted by atomic mass is 35.5. The highest BCUT2D eigenvalue weighted by Gasteiger charge is 2.25. The van der Waals surface area contributed by atoms with Crippen LogP contribution >= 0.6 is 11.6 Å². The van der Waals surface area contributed by atoms with Gasteiger partial charge in [0.05, 0.1) is 22.5 Å². The van der Waals surface area contributed by atoms with E-state index < -0.39 is 5.82 Å². The minimum absolute atomic E-state index is 0.0733. The van der Waals surface area contributed by atoms with Crippen LogP contribution in [0.1, 0.15) is 28.9 Å². The second-order valence-electron chi connectivity index (χ2n) is 7.26. The first kappa shape index (κ1) is 19.4. The number of carbonyl (C=O) groups is 1. The maximum absolute atomic E-state index is 14.5. The molecule has 0 bridgehead atoms. The minimum Gasteiger partial charge on any atom is -0.349 e. The molecule has 1 aliphatic rings. The van der Waals surface area contributed by atoms with Crippen molar-refractivity contribution in [3.8, 4) is 11.4 Å². The van der Waals surface area contributed by atoms with Gasteiger partial charge in [-0.15, -0.1) is 0 Å². The van der Waals surface area contributed by atoms with Gasteiger partial charge in [-0.25, -0.2) is 9.37 Å². The smallest absolute Gasteiger partial charge is 0.263 e. The van der Waals surface area contributed by atoms with E-state index in [1.54, 1.807) is 19.2 Å². The molecule has 0 radical (unpaired) electrons. The zero-order chi connectivity index (χ0) is 21.5. The zero-order valence-electron chi connectivity index (χ0n) is 16.3. The van der Waals surface area contributed by atoms with Gasteiger partial charge < -0.3 is 15.2 Å². The number of rotatable bonds is 5. The number of fused-ring (bicyclic) bond motifs is 1. The first-order valence-corrected chi connectivity index (χ1v) is 9.99. The number of amides is 1. The summed E-state index contributed by atoms with van der Waals surface area (Å²) in [5.74, 6) is -0.361. The van der Waals surface area contributed by atoms with Crippen molar-refractivity contribution in [3.05, 3.63) is 58.8 Å². The molecule has 8 nitrogen and oxygen atoms in total. The maximum atomic E-state index is 14.5. The SMILES string of the molecule is Cc1noc2nc(-c3cc(Cl)ccc3F)nc(Nc3ccncc3C(=O)NC3CC3)c12. The normalized spacial score (nSPS) is 13.4. The molecule has 3 heterocycles. The number of hydrogen-bond acceptors (Lipinski definition) is 7. The minimum atomic E-state index is -0.528. The molecular weight excluding hydrogens is 423 g/mol. The van der Waals surface area contributed by atoms with Gasteiger partial charge in [0.25, 0.3) is 11.6 Å². The standard InChI is InChI=1S/C21H16ClFN6O2/c1-10-17-19(26-16-6-7-24-9-14(16)20(30)25-12-3-4-12)27-18(28-21(17)31-29-10)13-8-11(22)2-5-15(13)23/h2,5-9,12H,3-4H2,1H3,(H,25,30)(H,24,26,27,28). The van der Waals surface area contributed by atoms with E-state index >= 15 is 0 Å². The van der Waals surface area contributed by atoms with Crippen molar-refractivity contribution < 1.29 is 13.7 Å². The Morgan fingerprint density at radius 3 is 2.90 bits per heavy atom. The Hall–Kier alpha value is -3.59. The van der Waals surface area contributed by atoms with Crippen molar-refractivity contribution in [3.63, 3.8) is 0 Å². The number of hydrogen-bond donors (Lipinski definition) is 2. The lowest BCUT2D eigenvalue weighted by Crippen LogP contribution is -2.26. The molecule has 3 aromatic heterocycles. The number of benzene rings is 1. The Morgan fingerprint density at radius 2 is 2.10 bits per heavy atom. The zero-order valence-corrected chi connectivity index (χ0v) is 17.1. The predicted molar refractivity (Wildman–Crippen MR) is 113 cm³/mol. The molecule has 1 saturated carbocycles. The van der Waals surface area contributed by atoms with Gasteiger partial charge in [-0.2, -0.15) is 4.98 Å².